The first kappa shape index (κ1) is 11.5. The van der Waals surface area contributed by atoms with Crippen molar-refractivity contribution >= 4 is 28.5 Å². The smallest absolute Gasteiger partial charge is 0.336 e. The van der Waals surface area contributed by atoms with Crippen molar-refractivity contribution < 1.29 is 9.90 Å². The molecule has 0 saturated carbocycles. The standard InChI is InChI=1S/C14H12ClNO2/c1-7-2-4-10-12(14(17)18)9-5-3-8(15)6-11(9)16-13(7)10/h3,5-7H,2,4H2,1H3,(H,17,18). The molecule has 0 fully saturated rings. The molecule has 0 amide bonds. The van der Waals surface area contributed by atoms with E-state index in [0.717, 1.165) is 24.1 Å². The zero-order chi connectivity index (χ0) is 12.9. The highest BCUT2D eigenvalue weighted by Gasteiger charge is 2.27. The van der Waals surface area contributed by atoms with Crippen LogP contribution in [0.25, 0.3) is 10.9 Å². The fraction of sp³-hybridized carbons (Fsp3) is 0.286. The molecule has 2 aromatic rings. The van der Waals surface area contributed by atoms with Gasteiger partial charge in [0.15, 0.2) is 0 Å². The molecule has 0 saturated heterocycles. The van der Waals surface area contributed by atoms with Gasteiger partial charge in [-0.2, -0.15) is 0 Å². The van der Waals surface area contributed by atoms with Crippen molar-refractivity contribution in [3.05, 3.63) is 40.0 Å². The summed E-state index contributed by atoms with van der Waals surface area (Å²) >= 11 is 5.95. The number of halogens is 1. The van der Waals surface area contributed by atoms with E-state index in [1.165, 1.54) is 0 Å². The Balaban J connectivity index is 2.43. The van der Waals surface area contributed by atoms with Crippen LogP contribution >= 0.6 is 11.6 Å². The van der Waals surface area contributed by atoms with Gasteiger partial charge in [-0.1, -0.05) is 24.6 Å². The fourth-order valence-electron chi connectivity index (χ4n) is 2.70. The molecular weight excluding hydrogens is 250 g/mol. The van der Waals surface area contributed by atoms with Crippen LogP contribution in [0.5, 0.6) is 0 Å². The number of hydrogen-bond donors (Lipinski definition) is 1. The number of benzene rings is 1. The summed E-state index contributed by atoms with van der Waals surface area (Å²) in [6.45, 7) is 2.08. The first-order valence-corrected chi connectivity index (χ1v) is 6.31. The van der Waals surface area contributed by atoms with E-state index in [0.29, 0.717) is 27.4 Å². The Morgan fingerprint density at radius 1 is 1.50 bits per heavy atom. The van der Waals surface area contributed by atoms with Crippen LogP contribution in [-0.2, 0) is 6.42 Å². The maximum atomic E-state index is 11.5. The SMILES string of the molecule is CC1CCc2c1nc1cc(Cl)ccc1c2C(=O)O. The summed E-state index contributed by atoms with van der Waals surface area (Å²) in [6.07, 6.45) is 1.76. The molecule has 1 aliphatic carbocycles. The van der Waals surface area contributed by atoms with Crippen molar-refractivity contribution in [2.75, 3.05) is 0 Å². The average molecular weight is 262 g/mol. The molecule has 3 nitrogen and oxygen atoms in total. The molecule has 92 valence electrons. The Morgan fingerprint density at radius 2 is 2.28 bits per heavy atom. The third-order valence-corrected chi connectivity index (χ3v) is 3.82. The molecule has 3 rings (SSSR count). The highest BCUT2D eigenvalue weighted by Crippen LogP contribution is 2.37. The molecule has 1 aromatic carbocycles. The number of aromatic carboxylic acids is 1. The van der Waals surface area contributed by atoms with E-state index < -0.39 is 5.97 Å². The minimum atomic E-state index is -0.880. The Kier molecular flexibility index (Phi) is 2.52. The molecule has 1 atom stereocenters. The van der Waals surface area contributed by atoms with E-state index in [4.69, 9.17) is 11.6 Å². The first-order chi connectivity index (χ1) is 8.58. The molecule has 1 N–H and O–H groups in total. The van der Waals surface area contributed by atoms with Gasteiger partial charge >= 0.3 is 5.97 Å². The lowest BCUT2D eigenvalue weighted by atomic mass is 10.0. The maximum Gasteiger partial charge on any atom is 0.336 e. The molecule has 18 heavy (non-hydrogen) atoms. The van der Waals surface area contributed by atoms with Crippen LogP contribution in [0, 0.1) is 0 Å². The lowest BCUT2D eigenvalue weighted by molar-refractivity contribution is 0.0698. The van der Waals surface area contributed by atoms with Crippen LogP contribution < -0.4 is 0 Å². The Morgan fingerprint density at radius 3 is 3.00 bits per heavy atom. The second kappa shape index (κ2) is 3.95. The van der Waals surface area contributed by atoms with Crippen LogP contribution in [-0.4, -0.2) is 16.1 Å². The van der Waals surface area contributed by atoms with Crippen molar-refractivity contribution in [2.45, 2.75) is 25.7 Å². The number of aromatic nitrogens is 1. The third-order valence-electron chi connectivity index (χ3n) is 3.59. The molecule has 1 unspecified atom stereocenters. The van der Waals surface area contributed by atoms with E-state index in [9.17, 15) is 9.90 Å². The van der Waals surface area contributed by atoms with E-state index in [2.05, 4.69) is 11.9 Å². The van der Waals surface area contributed by atoms with Gasteiger partial charge in [0.1, 0.15) is 0 Å². The van der Waals surface area contributed by atoms with Gasteiger partial charge in [-0.05, 0) is 36.5 Å². The Labute approximate surface area is 109 Å². The molecule has 0 bridgehead atoms. The fourth-order valence-corrected chi connectivity index (χ4v) is 2.87. The lowest BCUT2D eigenvalue weighted by Crippen LogP contribution is -2.06. The van der Waals surface area contributed by atoms with E-state index in [1.54, 1.807) is 18.2 Å². The van der Waals surface area contributed by atoms with Gasteiger partial charge in [0, 0.05) is 16.1 Å². The number of carbonyl (C=O) groups is 1. The summed E-state index contributed by atoms with van der Waals surface area (Å²) in [5, 5.41) is 10.7. The lowest BCUT2D eigenvalue weighted by Gasteiger charge is -2.10. The number of hydrogen-bond acceptors (Lipinski definition) is 2. The number of fused-ring (bicyclic) bond motifs is 2. The highest BCUT2D eigenvalue weighted by molar-refractivity contribution is 6.31. The third kappa shape index (κ3) is 1.58. The van der Waals surface area contributed by atoms with Crippen LogP contribution in [0.3, 0.4) is 0 Å². The van der Waals surface area contributed by atoms with Crippen molar-refractivity contribution in [1.82, 2.24) is 4.98 Å². The van der Waals surface area contributed by atoms with Crippen molar-refractivity contribution in [3.63, 3.8) is 0 Å². The van der Waals surface area contributed by atoms with Gasteiger partial charge in [-0.25, -0.2) is 4.79 Å². The summed E-state index contributed by atoms with van der Waals surface area (Å²) in [6, 6.07) is 5.19. The molecule has 1 aromatic heterocycles. The number of nitrogens with zero attached hydrogens (tertiary/aromatic N) is 1. The van der Waals surface area contributed by atoms with Gasteiger partial charge in [0.2, 0.25) is 0 Å². The normalized spacial score (nSPS) is 18.0. The minimum absolute atomic E-state index is 0.321. The molecule has 1 aliphatic rings. The first-order valence-electron chi connectivity index (χ1n) is 5.93. The van der Waals surface area contributed by atoms with Gasteiger partial charge in [-0.3, -0.25) is 4.98 Å². The van der Waals surface area contributed by atoms with Crippen LogP contribution in [0.1, 0.15) is 40.9 Å². The molecule has 1 heterocycles. The summed E-state index contributed by atoms with van der Waals surface area (Å²) in [4.78, 5) is 16.1. The second-order valence-corrected chi connectivity index (χ2v) is 5.19. The van der Waals surface area contributed by atoms with Gasteiger partial charge in [-0.15, -0.1) is 0 Å². The zero-order valence-electron chi connectivity index (χ0n) is 9.90. The van der Waals surface area contributed by atoms with Gasteiger partial charge in [0.25, 0.3) is 0 Å². The van der Waals surface area contributed by atoms with Gasteiger partial charge in [0.05, 0.1) is 11.1 Å². The summed E-state index contributed by atoms with van der Waals surface area (Å²) in [7, 11) is 0. The van der Waals surface area contributed by atoms with E-state index >= 15 is 0 Å². The predicted molar refractivity (Wildman–Crippen MR) is 70.4 cm³/mol. The van der Waals surface area contributed by atoms with Crippen LogP contribution in [0.2, 0.25) is 5.02 Å². The molecule has 0 radical (unpaired) electrons. The summed E-state index contributed by atoms with van der Waals surface area (Å²) < 4.78 is 0. The molecule has 0 aliphatic heterocycles. The van der Waals surface area contributed by atoms with Gasteiger partial charge < -0.3 is 5.11 Å². The predicted octanol–water partition coefficient (Wildman–Crippen LogP) is 3.64. The summed E-state index contributed by atoms with van der Waals surface area (Å²) in [5.74, 6) is -0.559. The van der Waals surface area contributed by atoms with Crippen molar-refractivity contribution in [3.8, 4) is 0 Å². The quantitative estimate of drug-likeness (QED) is 0.853. The zero-order valence-corrected chi connectivity index (χ0v) is 10.7. The number of rotatable bonds is 1. The number of carboxylic acid groups (broad SMARTS) is 1. The monoisotopic (exact) mass is 261 g/mol. The van der Waals surface area contributed by atoms with E-state index in [-0.39, 0.29) is 0 Å². The Hall–Kier alpha value is -1.61. The van der Waals surface area contributed by atoms with Crippen molar-refractivity contribution in [1.29, 1.82) is 0 Å². The highest BCUT2D eigenvalue weighted by atomic mass is 35.5. The molecular formula is C14H12ClNO2. The Bertz CT molecular complexity index is 666. The number of pyridine rings is 1. The largest absolute Gasteiger partial charge is 0.478 e. The average Bonchev–Trinajstić information content (AvgIpc) is 2.67. The van der Waals surface area contributed by atoms with Crippen LogP contribution in [0.4, 0.5) is 0 Å². The molecule has 4 heteroatoms. The maximum absolute atomic E-state index is 11.5. The van der Waals surface area contributed by atoms with Crippen LogP contribution in [0.15, 0.2) is 18.2 Å². The molecule has 0 spiro atoms. The van der Waals surface area contributed by atoms with E-state index in [1.807, 2.05) is 0 Å². The second-order valence-electron chi connectivity index (χ2n) is 4.76. The van der Waals surface area contributed by atoms with Crippen molar-refractivity contribution in [2.24, 2.45) is 0 Å². The minimum Gasteiger partial charge on any atom is -0.478 e. The number of carboxylic acids is 1. The topological polar surface area (TPSA) is 50.2 Å². The summed E-state index contributed by atoms with van der Waals surface area (Å²) in [5.41, 5.74) is 2.88.